The third-order valence-electron chi connectivity index (χ3n) is 4.27. The highest BCUT2D eigenvalue weighted by atomic mass is 127. The standard InChI is InChI=1S/C20H36N4O.HI/c1-7-21-19(22-13-14-24(16(2)3)17(4)5)23-15-20(6,25)18-11-9-8-10-12-18;/h8-12,16-17,25H,7,13-15H2,1-6H3,(H2,21,22,23);1H. The van der Waals surface area contributed by atoms with Crippen LogP contribution in [0, 0.1) is 0 Å². The highest BCUT2D eigenvalue weighted by Crippen LogP contribution is 2.20. The van der Waals surface area contributed by atoms with E-state index < -0.39 is 5.60 Å². The van der Waals surface area contributed by atoms with Crippen molar-refractivity contribution in [1.82, 2.24) is 15.5 Å². The van der Waals surface area contributed by atoms with Crippen molar-refractivity contribution in [1.29, 1.82) is 0 Å². The van der Waals surface area contributed by atoms with E-state index in [1.807, 2.05) is 37.3 Å². The number of guanidine groups is 1. The molecular formula is C20H37IN4O. The highest BCUT2D eigenvalue weighted by Gasteiger charge is 2.22. The van der Waals surface area contributed by atoms with Crippen molar-refractivity contribution in [2.75, 3.05) is 26.2 Å². The topological polar surface area (TPSA) is 59.9 Å². The molecule has 0 bridgehead atoms. The van der Waals surface area contributed by atoms with Crippen LogP contribution in [0.5, 0.6) is 0 Å². The first kappa shape index (κ1) is 25.1. The van der Waals surface area contributed by atoms with E-state index in [2.05, 4.69) is 48.2 Å². The summed E-state index contributed by atoms with van der Waals surface area (Å²) in [6.07, 6.45) is 0. The Bertz CT molecular complexity index is 510. The van der Waals surface area contributed by atoms with E-state index in [-0.39, 0.29) is 24.0 Å². The molecule has 0 amide bonds. The maximum Gasteiger partial charge on any atom is 0.191 e. The average molecular weight is 476 g/mol. The summed E-state index contributed by atoms with van der Waals surface area (Å²) in [5.74, 6) is 0.742. The van der Waals surface area contributed by atoms with E-state index >= 15 is 0 Å². The van der Waals surface area contributed by atoms with Crippen LogP contribution < -0.4 is 10.6 Å². The third-order valence-corrected chi connectivity index (χ3v) is 4.27. The van der Waals surface area contributed by atoms with Crippen molar-refractivity contribution >= 4 is 29.9 Å². The molecule has 1 aromatic rings. The zero-order valence-electron chi connectivity index (χ0n) is 17.1. The van der Waals surface area contributed by atoms with Crippen LogP contribution in [-0.4, -0.2) is 54.2 Å². The summed E-state index contributed by atoms with van der Waals surface area (Å²) < 4.78 is 0. The van der Waals surface area contributed by atoms with Gasteiger partial charge in [-0.25, -0.2) is 4.99 Å². The Labute approximate surface area is 176 Å². The van der Waals surface area contributed by atoms with Crippen molar-refractivity contribution in [3.05, 3.63) is 35.9 Å². The van der Waals surface area contributed by atoms with Gasteiger partial charge in [-0.1, -0.05) is 30.3 Å². The Kier molecular flexibility index (Phi) is 12.1. The molecule has 0 aliphatic heterocycles. The van der Waals surface area contributed by atoms with E-state index in [4.69, 9.17) is 0 Å². The maximum atomic E-state index is 10.7. The second-order valence-corrected chi connectivity index (χ2v) is 7.19. The van der Waals surface area contributed by atoms with Gasteiger partial charge in [-0.2, -0.15) is 0 Å². The molecule has 26 heavy (non-hydrogen) atoms. The van der Waals surface area contributed by atoms with Crippen LogP contribution in [0.1, 0.15) is 47.1 Å². The molecular weight excluding hydrogens is 439 g/mol. The van der Waals surface area contributed by atoms with Crippen LogP contribution in [0.2, 0.25) is 0 Å². The summed E-state index contributed by atoms with van der Waals surface area (Å²) in [7, 11) is 0. The van der Waals surface area contributed by atoms with E-state index in [0.717, 1.165) is 31.2 Å². The first-order valence-electron chi connectivity index (χ1n) is 9.33. The molecule has 0 spiro atoms. The summed E-state index contributed by atoms with van der Waals surface area (Å²) >= 11 is 0. The molecule has 5 nitrogen and oxygen atoms in total. The number of hydrogen-bond donors (Lipinski definition) is 3. The zero-order valence-corrected chi connectivity index (χ0v) is 19.5. The van der Waals surface area contributed by atoms with Crippen molar-refractivity contribution in [3.8, 4) is 0 Å². The number of nitrogens with one attached hydrogen (secondary N) is 2. The molecule has 3 N–H and O–H groups in total. The van der Waals surface area contributed by atoms with E-state index in [9.17, 15) is 5.11 Å². The van der Waals surface area contributed by atoms with Crippen LogP contribution in [-0.2, 0) is 5.60 Å². The minimum atomic E-state index is -0.981. The van der Waals surface area contributed by atoms with Gasteiger partial charge in [0, 0.05) is 31.7 Å². The molecule has 0 saturated heterocycles. The van der Waals surface area contributed by atoms with Crippen molar-refractivity contribution < 1.29 is 5.11 Å². The molecule has 0 radical (unpaired) electrons. The number of aliphatic imine (C=N–C) groups is 1. The van der Waals surface area contributed by atoms with Crippen LogP contribution >= 0.6 is 24.0 Å². The van der Waals surface area contributed by atoms with Gasteiger partial charge < -0.3 is 15.7 Å². The van der Waals surface area contributed by atoms with Crippen molar-refractivity contribution in [2.45, 2.75) is 59.2 Å². The molecule has 1 unspecified atom stereocenters. The van der Waals surface area contributed by atoms with Gasteiger partial charge in [0.05, 0.1) is 6.54 Å². The molecule has 0 fully saturated rings. The number of rotatable bonds is 9. The van der Waals surface area contributed by atoms with Gasteiger partial charge in [-0.15, -0.1) is 24.0 Å². The summed E-state index contributed by atoms with van der Waals surface area (Å²) in [6, 6.07) is 10.7. The van der Waals surface area contributed by atoms with Gasteiger partial charge >= 0.3 is 0 Å². The van der Waals surface area contributed by atoms with Crippen LogP contribution in [0.25, 0.3) is 0 Å². The molecule has 0 aliphatic rings. The van der Waals surface area contributed by atoms with E-state index in [1.165, 1.54) is 0 Å². The predicted octanol–water partition coefficient (Wildman–Crippen LogP) is 3.19. The second-order valence-electron chi connectivity index (χ2n) is 7.19. The van der Waals surface area contributed by atoms with Crippen LogP contribution in [0.4, 0.5) is 0 Å². The second kappa shape index (κ2) is 12.5. The van der Waals surface area contributed by atoms with Crippen LogP contribution in [0.15, 0.2) is 35.3 Å². The zero-order chi connectivity index (χ0) is 18.9. The minimum Gasteiger partial charge on any atom is -0.384 e. The van der Waals surface area contributed by atoms with Gasteiger partial charge in [-0.05, 0) is 47.1 Å². The molecule has 1 aromatic carbocycles. The first-order valence-corrected chi connectivity index (χ1v) is 9.33. The molecule has 6 heteroatoms. The SMILES string of the molecule is CCNC(=NCC(C)(O)c1ccccc1)NCCN(C(C)C)C(C)C.I. The van der Waals surface area contributed by atoms with E-state index in [0.29, 0.717) is 18.6 Å². The van der Waals surface area contributed by atoms with Gasteiger partial charge in [0.2, 0.25) is 0 Å². The molecule has 1 rings (SSSR count). The van der Waals surface area contributed by atoms with Gasteiger partial charge in [0.1, 0.15) is 5.60 Å². The van der Waals surface area contributed by atoms with Crippen LogP contribution in [0.3, 0.4) is 0 Å². The van der Waals surface area contributed by atoms with Crippen molar-refractivity contribution in [3.63, 3.8) is 0 Å². The summed E-state index contributed by atoms with van der Waals surface area (Å²) in [4.78, 5) is 7.02. The number of aliphatic hydroxyl groups is 1. The molecule has 1 atom stereocenters. The Morgan fingerprint density at radius 3 is 2.19 bits per heavy atom. The number of halogens is 1. The third kappa shape index (κ3) is 8.68. The molecule has 0 saturated carbocycles. The fourth-order valence-electron chi connectivity index (χ4n) is 2.88. The Hall–Kier alpha value is -0.860. The highest BCUT2D eigenvalue weighted by molar-refractivity contribution is 14.0. The van der Waals surface area contributed by atoms with Crippen molar-refractivity contribution in [2.24, 2.45) is 4.99 Å². The molecule has 150 valence electrons. The minimum absolute atomic E-state index is 0. The molecule has 0 heterocycles. The van der Waals surface area contributed by atoms with Gasteiger partial charge in [0.25, 0.3) is 0 Å². The lowest BCUT2D eigenvalue weighted by Crippen LogP contribution is -2.45. The predicted molar refractivity (Wildman–Crippen MR) is 122 cm³/mol. The smallest absolute Gasteiger partial charge is 0.191 e. The summed E-state index contributed by atoms with van der Waals surface area (Å²) in [6.45, 7) is 15.6. The Balaban J connectivity index is 0.00000625. The maximum absolute atomic E-state index is 10.7. The molecule has 0 aliphatic carbocycles. The fraction of sp³-hybridized carbons (Fsp3) is 0.650. The Morgan fingerprint density at radius 2 is 1.69 bits per heavy atom. The number of nitrogens with zero attached hydrogens (tertiary/aromatic N) is 2. The fourth-order valence-corrected chi connectivity index (χ4v) is 2.88. The average Bonchev–Trinajstić information content (AvgIpc) is 2.56. The quantitative estimate of drug-likeness (QED) is 0.291. The molecule has 0 aromatic heterocycles. The Morgan fingerprint density at radius 1 is 1.12 bits per heavy atom. The van der Waals surface area contributed by atoms with Gasteiger partial charge in [-0.3, -0.25) is 4.90 Å². The normalized spacial score (nSPS) is 14.3. The lowest BCUT2D eigenvalue weighted by atomic mass is 9.96. The monoisotopic (exact) mass is 476 g/mol. The lowest BCUT2D eigenvalue weighted by Gasteiger charge is -2.30. The number of hydrogen-bond acceptors (Lipinski definition) is 3. The largest absolute Gasteiger partial charge is 0.384 e. The summed E-state index contributed by atoms with van der Waals surface area (Å²) in [5.41, 5.74) is -0.105. The summed E-state index contributed by atoms with van der Waals surface area (Å²) in [5, 5.41) is 17.3. The number of benzene rings is 1. The first-order chi connectivity index (χ1) is 11.8. The lowest BCUT2D eigenvalue weighted by molar-refractivity contribution is 0.0672. The van der Waals surface area contributed by atoms with E-state index in [1.54, 1.807) is 6.92 Å². The van der Waals surface area contributed by atoms with Gasteiger partial charge in [0.15, 0.2) is 5.96 Å².